The molecule has 0 spiro atoms. The predicted octanol–water partition coefficient (Wildman–Crippen LogP) is 1.46. The number of rotatable bonds is 5. The van der Waals surface area contributed by atoms with Gasteiger partial charge in [0.05, 0.1) is 0 Å². The van der Waals surface area contributed by atoms with E-state index in [9.17, 15) is 18.0 Å². The normalized spacial score (nSPS) is 11.8. The largest absolute Gasteiger partial charge is 0.453 e. The van der Waals surface area contributed by atoms with Crippen molar-refractivity contribution >= 4 is 22.3 Å². The van der Waals surface area contributed by atoms with E-state index < -0.39 is 12.0 Å². The van der Waals surface area contributed by atoms with Gasteiger partial charge in [-0.1, -0.05) is 18.3 Å². The second kappa shape index (κ2) is 6.24. The van der Waals surface area contributed by atoms with Gasteiger partial charge in [0, 0.05) is 19.5 Å². The first kappa shape index (κ1) is 15.5. The van der Waals surface area contributed by atoms with Crippen molar-refractivity contribution in [2.75, 3.05) is 13.1 Å². The number of urea groups is 1. The van der Waals surface area contributed by atoms with Crippen molar-refractivity contribution in [2.45, 2.75) is 25.9 Å². The van der Waals surface area contributed by atoms with Crippen LogP contribution in [0, 0.1) is 0 Å². The molecule has 0 unspecified atom stereocenters. The van der Waals surface area contributed by atoms with E-state index in [1.165, 1.54) is 0 Å². The van der Waals surface area contributed by atoms with E-state index in [1.807, 2.05) is 6.92 Å². The van der Waals surface area contributed by atoms with Crippen molar-refractivity contribution in [2.24, 2.45) is 0 Å². The molecule has 0 radical (unpaired) electrons. The van der Waals surface area contributed by atoms with Gasteiger partial charge in [-0.15, -0.1) is 10.2 Å². The topological polar surface area (TPSA) is 84.2 Å². The van der Waals surface area contributed by atoms with E-state index in [0.717, 1.165) is 17.8 Å². The van der Waals surface area contributed by atoms with Crippen molar-refractivity contribution in [3.8, 4) is 0 Å². The van der Waals surface area contributed by atoms with Crippen LogP contribution < -0.4 is 10.6 Å². The summed E-state index contributed by atoms with van der Waals surface area (Å²) >= 11 is 1.01. The van der Waals surface area contributed by atoms with E-state index in [2.05, 4.69) is 25.9 Å². The summed E-state index contributed by atoms with van der Waals surface area (Å²) in [6, 6.07) is -0.309. The van der Waals surface area contributed by atoms with Gasteiger partial charge in [-0.2, -0.15) is 22.8 Å². The zero-order chi connectivity index (χ0) is 15.5. The van der Waals surface area contributed by atoms with Crippen LogP contribution in [0.25, 0.3) is 4.96 Å². The molecule has 0 aliphatic carbocycles. The van der Waals surface area contributed by atoms with Gasteiger partial charge in [0.25, 0.3) is 5.82 Å². The number of hydrogen-bond acceptors (Lipinski definition) is 5. The molecule has 0 saturated carbocycles. The monoisotopic (exact) mass is 322 g/mol. The third-order valence-electron chi connectivity index (χ3n) is 2.45. The van der Waals surface area contributed by atoms with E-state index in [0.29, 0.717) is 22.5 Å². The van der Waals surface area contributed by atoms with Crippen LogP contribution in [0.5, 0.6) is 0 Å². The van der Waals surface area contributed by atoms with Crippen LogP contribution in [0.3, 0.4) is 0 Å². The Hall–Kier alpha value is -1.91. The molecule has 2 aromatic rings. The zero-order valence-corrected chi connectivity index (χ0v) is 11.9. The fourth-order valence-electron chi connectivity index (χ4n) is 1.52. The highest BCUT2D eigenvalue weighted by Crippen LogP contribution is 2.28. The number of fused-ring (bicyclic) bond motifs is 1. The standard InChI is InChI=1S/C10H13F3N6OS/c1-2-4-14-8(20)15-5-3-6-18-19-7(10(11,12)13)16-17-9(19)21-6/h2-5H2,1H3,(H2,14,15,20). The van der Waals surface area contributed by atoms with Crippen molar-refractivity contribution in [3.63, 3.8) is 0 Å². The minimum atomic E-state index is -4.59. The number of hydrogen-bond donors (Lipinski definition) is 2. The van der Waals surface area contributed by atoms with Crippen LogP contribution in [-0.4, -0.2) is 38.9 Å². The zero-order valence-electron chi connectivity index (χ0n) is 11.1. The Morgan fingerprint density at radius 3 is 2.67 bits per heavy atom. The summed E-state index contributed by atoms with van der Waals surface area (Å²) in [7, 11) is 0. The number of carbonyl (C=O) groups is 1. The fraction of sp³-hybridized carbons (Fsp3) is 0.600. The second-order valence-corrected chi connectivity index (χ2v) is 5.18. The quantitative estimate of drug-likeness (QED) is 0.873. The Balaban J connectivity index is 1.95. The number of amides is 2. The summed E-state index contributed by atoms with van der Waals surface area (Å²) in [5, 5.41) is 16.0. The first-order valence-corrected chi connectivity index (χ1v) is 7.03. The molecule has 2 amide bonds. The Labute approximate surface area is 121 Å². The molecule has 116 valence electrons. The lowest BCUT2D eigenvalue weighted by molar-refractivity contribution is -0.146. The van der Waals surface area contributed by atoms with E-state index >= 15 is 0 Å². The molecule has 2 aromatic heterocycles. The van der Waals surface area contributed by atoms with Gasteiger partial charge >= 0.3 is 12.2 Å². The first-order chi connectivity index (χ1) is 9.91. The van der Waals surface area contributed by atoms with Crippen molar-refractivity contribution in [3.05, 3.63) is 10.8 Å². The molecule has 2 rings (SSSR count). The van der Waals surface area contributed by atoms with Gasteiger partial charge in [0.15, 0.2) is 0 Å². The van der Waals surface area contributed by atoms with E-state index in [4.69, 9.17) is 0 Å². The summed E-state index contributed by atoms with van der Waals surface area (Å²) in [4.78, 5) is 11.4. The molecule has 0 aromatic carbocycles. The highest BCUT2D eigenvalue weighted by molar-refractivity contribution is 7.16. The number of nitrogens with one attached hydrogen (secondary N) is 2. The third-order valence-corrected chi connectivity index (χ3v) is 3.40. The summed E-state index contributed by atoms with van der Waals surface area (Å²) in [6.45, 7) is 2.77. The minimum Gasteiger partial charge on any atom is -0.338 e. The fourth-order valence-corrected chi connectivity index (χ4v) is 2.35. The molecule has 0 aliphatic heterocycles. The van der Waals surface area contributed by atoms with Crippen molar-refractivity contribution in [1.82, 2.24) is 30.4 Å². The van der Waals surface area contributed by atoms with Crippen LogP contribution in [0.2, 0.25) is 0 Å². The van der Waals surface area contributed by atoms with Gasteiger partial charge in [0.1, 0.15) is 5.01 Å². The van der Waals surface area contributed by atoms with Crippen LogP contribution in [-0.2, 0) is 12.6 Å². The maximum absolute atomic E-state index is 12.6. The maximum Gasteiger partial charge on any atom is 0.453 e. The Kier molecular flexibility index (Phi) is 4.60. The Morgan fingerprint density at radius 1 is 1.29 bits per heavy atom. The highest BCUT2D eigenvalue weighted by atomic mass is 32.1. The second-order valence-electron chi connectivity index (χ2n) is 4.14. The molecule has 0 aliphatic rings. The number of aromatic nitrogens is 4. The highest BCUT2D eigenvalue weighted by Gasteiger charge is 2.38. The van der Waals surface area contributed by atoms with Crippen molar-refractivity contribution in [1.29, 1.82) is 0 Å². The van der Waals surface area contributed by atoms with Crippen LogP contribution in [0.15, 0.2) is 0 Å². The van der Waals surface area contributed by atoms with Crippen LogP contribution in [0.1, 0.15) is 24.2 Å². The van der Waals surface area contributed by atoms with Crippen LogP contribution in [0.4, 0.5) is 18.0 Å². The van der Waals surface area contributed by atoms with Gasteiger partial charge in [0.2, 0.25) is 4.96 Å². The van der Waals surface area contributed by atoms with Crippen molar-refractivity contribution < 1.29 is 18.0 Å². The molecule has 0 fully saturated rings. The SMILES string of the molecule is CCCNC(=O)NCCc1nn2c(C(F)(F)F)nnc2s1. The summed E-state index contributed by atoms with van der Waals surface area (Å²) in [5.41, 5.74) is 0. The van der Waals surface area contributed by atoms with Gasteiger partial charge in [-0.25, -0.2) is 4.79 Å². The summed E-state index contributed by atoms with van der Waals surface area (Å²) < 4.78 is 38.5. The molecule has 21 heavy (non-hydrogen) atoms. The Bertz CT molecular complexity index is 622. The lowest BCUT2D eigenvalue weighted by Gasteiger charge is -2.04. The van der Waals surface area contributed by atoms with Gasteiger partial charge in [-0.05, 0) is 6.42 Å². The molecule has 0 saturated heterocycles. The predicted molar refractivity (Wildman–Crippen MR) is 69.1 cm³/mol. The first-order valence-electron chi connectivity index (χ1n) is 6.22. The molecule has 0 bridgehead atoms. The molecule has 2 heterocycles. The third kappa shape index (κ3) is 3.80. The molecule has 2 N–H and O–H groups in total. The number of nitrogens with zero attached hydrogens (tertiary/aromatic N) is 4. The lowest BCUT2D eigenvalue weighted by atomic mass is 10.4. The van der Waals surface area contributed by atoms with Gasteiger partial charge in [-0.3, -0.25) is 0 Å². The van der Waals surface area contributed by atoms with Crippen LogP contribution >= 0.6 is 11.3 Å². The minimum absolute atomic E-state index is 0.0766. The molecular formula is C10H13F3N6OS. The number of alkyl halides is 3. The Morgan fingerprint density at radius 2 is 2.00 bits per heavy atom. The maximum atomic E-state index is 12.6. The van der Waals surface area contributed by atoms with Gasteiger partial charge < -0.3 is 10.6 Å². The molecule has 11 heteroatoms. The van der Waals surface area contributed by atoms with E-state index in [-0.39, 0.29) is 17.5 Å². The molecule has 0 atom stereocenters. The average molecular weight is 322 g/mol. The number of carbonyl (C=O) groups excluding carboxylic acids is 1. The molecule has 7 nitrogen and oxygen atoms in total. The summed E-state index contributed by atoms with van der Waals surface area (Å²) in [6.07, 6.45) is -3.45. The molecular weight excluding hydrogens is 309 g/mol. The average Bonchev–Trinajstić information content (AvgIpc) is 2.94. The lowest BCUT2D eigenvalue weighted by Crippen LogP contribution is -2.36. The summed E-state index contributed by atoms with van der Waals surface area (Å²) in [5.74, 6) is -1.14. The number of halogens is 3. The van der Waals surface area contributed by atoms with E-state index in [1.54, 1.807) is 0 Å². The smallest absolute Gasteiger partial charge is 0.338 e.